The maximum Gasteiger partial charge on any atom is 0.338 e. The van der Waals surface area contributed by atoms with Crippen molar-refractivity contribution < 1.29 is 14.3 Å². The Morgan fingerprint density at radius 1 is 1.04 bits per heavy atom. The third kappa shape index (κ3) is 4.23. The fourth-order valence-corrected chi connectivity index (χ4v) is 2.62. The van der Waals surface area contributed by atoms with Gasteiger partial charge in [-0.3, -0.25) is 4.79 Å². The molecule has 3 aromatic rings. The molecule has 0 aliphatic carbocycles. The Morgan fingerprint density at radius 2 is 1.70 bits per heavy atom. The summed E-state index contributed by atoms with van der Waals surface area (Å²) in [7, 11) is 0. The van der Waals surface area contributed by atoms with Crippen molar-refractivity contribution in [2.75, 3.05) is 5.32 Å². The van der Waals surface area contributed by atoms with Crippen molar-refractivity contribution in [2.45, 2.75) is 26.9 Å². The van der Waals surface area contributed by atoms with Crippen LogP contribution in [-0.2, 0) is 9.53 Å². The van der Waals surface area contributed by atoms with Gasteiger partial charge in [0.15, 0.2) is 6.10 Å². The molecule has 0 radical (unpaired) electrons. The Labute approximate surface area is 161 Å². The summed E-state index contributed by atoms with van der Waals surface area (Å²) in [4.78, 5) is 33.5. The zero-order valence-electron chi connectivity index (χ0n) is 15.1. The molecule has 1 heterocycles. The molecule has 3 rings (SSSR count). The van der Waals surface area contributed by atoms with Crippen LogP contribution < -0.4 is 5.32 Å². The molecule has 0 unspecified atom stereocenters. The highest BCUT2D eigenvalue weighted by atomic mass is 35.5. The molecule has 0 fully saturated rings. The zero-order chi connectivity index (χ0) is 19.6. The van der Waals surface area contributed by atoms with Gasteiger partial charge in [0.05, 0.1) is 38.7 Å². The molecule has 1 amide bonds. The van der Waals surface area contributed by atoms with Crippen LogP contribution in [0.3, 0.4) is 0 Å². The van der Waals surface area contributed by atoms with E-state index in [9.17, 15) is 9.59 Å². The first kappa shape index (κ1) is 18.8. The molecule has 0 aliphatic rings. The minimum atomic E-state index is -0.990. The molecule has 2 aromatic carbocycles. The number of hydrogen-bond donors (Lipinski definition) is 1. The minimum absolute atomic E-state index is 0.303. The van der Waals surface area contributed by atoms with E-state index in [1.807, 2.05) is 13.8 Å². The number of fused-ring (bicyclic) bond motifs is 1. The van der Waals surface area contributed by atoms with E-state index in [1.165, 1.54) is 6.92 Å². The Morgan fingerprint density at radius 3 is 2.41 bits per heavy atom. The molecule has 7 heteroatoms. The molecule has 0 bridgehead atoms. The van der Waals surface area contributed by atoms with Gasteiger partial charge in [-0.25, -0.2) is 14.8 Å². The predicted molar refractivity (Wildman–Crippen MR) is 104 cm³/mol. The first-order valence-electron chi connectivity index (χ1n) is 8.36. The Hall–Kier alpha value is -2.99. The van der Waals surface area contributed by atoms with Crippen LogP contribution in [0.4, 0.5) is 5.69 Å². The van der Waals surface area contributed by atoms with Crippen LogP contribution in [0.2, 0.25) is 5.02 Å². The van der Waals surface area contributed by atoms with Crippen LogP contribution in [0, 0.1) is 13.8 Å². The number of amides is 1. The molecule has 1 atom stereocenters. The number of hydrogen-bond acceptors (Lipinski definition) is 5. The molecular weight excluding hydrogens is 366 g/mol. The highest BCUT2D eigenvalue weighted by Crippen LogP contribution is 2.21. The van der Waals surface area contributed by atoms with Crippen molar-refractivity contribution >= 4 is 40.2 Å². The molecular formula is C20H18ClN3O3. The summed E-state index contributed by atoms with van der Waals surface area (Å²) in [6.45, 7) is 5.23. The smallest absolute Gasteiger partial charge is 0.338 e. The first-order chi connectivity index (χ1) is 12.8. The number of benzene rings is 2. The Balaban J connectivity index is 1.72. The lowest BCUT2D eigenvalue weighted by molar-refractivity contribution is -0.123. The van der Waals surface area contributed by atoms with Crippen LogP contribution in [-0.4, -0.2) is 27.9 Å². The van der Waals surface area contributed by atoms with E-state index in [0.29, 0.717) is 27.3 Å². The van der Waals surface area contributed by atoms with Crippen LogP contribution in [0.15, 0.2) is 42.5 Å². The van der Waals surface area contributed by atoms with Crippen molar-refractivity contribution in [1.82, 2.24) is 9.97 Å². The minimum Gasteiger partial charge on any atom is -0.449 e. The highest BCUT2D eigenvalue weighted by molar-refractivity contribution is 6.33. The molecule has 1 N–H and O–H groups in total. The zero-order valence-corrected chi connectivity index (χ0v) is 15.9. The van der Waals surface area contributed by atoms with E-state index in [2.05, 4.69) is 15.3 Å². The van der Waals surface area contributed by atoms with Gasteiger partial charge in [-0.1, -0.05) is 23.7 Å². The molecule has 1 aromatic heterocycles. The molecule has 138 valence electrons. The van der Waals surface area contributed by atoms with Crippen molar-refractivity contribution in [3.05, 3.63) is 64.4 Å². The van der Waals surface area contributed by atoms with Gasteiger partial charge in [0, 0.05) is 0 Å². The monoisotopic (exact) mass is 383 g/mol. The van der Waals surface area contributed by atoms with Gasteiger partial charge in [0.1, 0.15) is 0 Å². The van der Waals surface area contributed by atoms with Crippen molar-refractivity contribution in [3.63, 3.8) is 0 Å². The van der Waals surface area contributed by atoms with E-state index in [4.69, 9.17) is 16.3 Å². The summed E-state index contributed by atoms with van der Waals surface area (Å²) in [5.74, 6) is -1.08. The summed E-state index contributed by atoms with van der Waals surface area (Å²) in [6, 6.07) is 11.8. The molecule has 0 aliphatic heterocycles. The van der Waals surface area contributed by atoms with Gasteiger partial charge in [-0.2, -0.15) is 0 Å². The number of nitrogens with one attached hydrogen (secondary N) is 1. The van der Waals surface area contributed by atoms with Gasteiger partial charge >= 0.3 is 5.97 Å². The first-order valence-corrected chi connectivity index (χ1v) is 8.74. The molecule has 6 nitrogen and oxygen atoms in total. The van der Waals surface area contributed by atoms with Crippen molar-refractivity contribution in [3.8, 4) is 0 Å². The number of carbonyl (C=O) groups excluding carboxylic acids is 2. The lowest BCUT2D eigenvalue weighted by atomic mass is 10.2. The Bertz CT molecular complexity index is 1040. The summed E-state index contributed by atoms with van der Waals surface area (Å²) in [5, 5.41) is 3.05. The summed E-state index contributed by atoms with van der Waals surface area (Å²) < 4.78 is 5.27. The number of nitrogens with zero attached hydrogens (tertiary/aromatic N) is 2. The summed E-state index contributed by atoms with van der Waals surface area (Å²) in [6.07, 6.45) is -0.990. The number of aryl methyl sites for hydroxylation is 2. The molecule has 27 heavy (non-hydrogen) atoms. The van der Waals surface area contributed by atoms with E-state index >= 15 is 0 Å². The number of halogens is 1. The van der Waals surface area contributed by atoms with Gasteiger partial charge in [0.25, 0.3) is 5.91 Å². The van der Waals surface area contributed by atoms with E-state index in [-0.39, 0.29) is 0 Å². The second-order valence-corrected chi connectivity index (χ2v) is 6.52. The topological polar surface area (TPSA) is 81.2 Å². The van der Waals surface area contributed by atoms with Crippen molar-refractivity contribution in [2.24, 2.45) is 0 Å². The molecule has 0 spiro atoms. The number of ether oxygens (including phenoxy) is 1. The highest BCUT2D eigenvalue weighted by Gasteiger charge is 2.20. The number of anilines is 1. The van der Waals surface area contributed by atoms with E-state index < -0.39 is 18.0 Å². The lowest BCUT2D eigenvalue weighted by Gasteiger charge is -2.14. The van der Waals surface area contributed by atoms with Crippen LogP contribution in [0.1, 0.15) is 28.7 Å². The van der Waals surface area contributed by atoms with Gasteiger partial charge < -0.3 is 10.1 Å². The normalized spacial score (nSPS) is 11.9. The number of carbonyl (C=O) groups is 2. The standard InChI is InChI=1S/C20H18ClN3O3/c1-11-12(2)23-18-10-14(8-9-17(18)22-11)20(26)27-13(3)19(25)24-16-7-5-4-6-15(16)21/h4-10,13H,1-3H3,(H,24,25)/t13-/m1/s1. The van der Waals surface area contributed by atoms with Gasteiger partial charge in [-0.15, -0.1) is 0 Å². The summed E-state index contributed by atoms with van der Waals surface area (Å²) >= 11 is 6.02. The van der Waals surface area contributed by atoms with E-state index in [0.717, 1.165) is 11.4 Å². The second-order valence-electron chi connectivity index (χ2n) is 6.11. The number of rotatable bonds is 4. The fourth-order valence-electron chi connectivity index (χ4n) is 2.44. The maximum atomic E-state index is 12.4. The summed E-state index contributed by atoms with van der Waals surface area (Å²) in [5.41, 5.74) is 3.68. The number of para-hydroxylation sites is 1. The average molecular weight is 384 g/mol. The third-order valence-electron chi connectivity index (χ3n) is 4.10. The van der Waals surface area contributed by atoms with Gasteiger partial charge in [-0.05, 0) is 51.1 Å². The Kier molecular flexibility index (Phi) is 5.37. The molecule has 0 saturated carbocycles. The third-order valence-corrected chi connectivity index (χ3v) is 4.43. The molecule has 0 saturated heterocycles. The van der Waals surface area contributed by atoms with Crippen LogP contribution >= 0.6 is 11.6 Å². The van der Waals surface area contributed by atoms with E-state index in [1.54, 1.807) is 42.5 Å². The largest absolute Gasteiger partial charge is 0.449 e. The predicted octanol–water partition coefficient (Wildman–Crippen LogP) is 4.08. The van der Waals surface area contributed by atoms with Crippen molar-refractivity contribution in [1.29, 1.82) is 0 Å². The maximum absolute atomic E-state index is 12.4. The fraction of sp³-hybridized carbons (Fsp3) is 0.200. The van der Waals surface area contributed by atoms with Gasteiger partial charge in [0.2, 0.25) is 0 Å². The lowest BCUT2D eigenvalue weighted by Crippen LogP contribution is -2.30. The van der Waals surface area contributed by atoms with Crippen LogP contribution in [0.25, 0.3) is 11.0 Å². The number of aromatic nitrogens is 2. The number of esters is 1. The average Bonchev–Trinajstić information content (AvgIpc) is 2.64. The second kappa shape index (κ2) is 7.72. The van der Waals surface area contributed by atoms with Crippen LogP contribution in [0.5, 0.6) is 0 Å². The quantitative estimate of drug-likeness (QED) is 0.686. The SMILES string of the molecule is Cc1nc2ccc(C(=O)O[C@H](C)C(=O)Nc3ccccc3Cl)cc2nc1C.